The lowest BCUT2D eigenvalue weighted by Gasteiger charge is -2.05. The summed E-state index contributed by atoms with van der Waals surface area (Å²) in [7, 11) is 0. The van der Waals surface area contributed by atoms with Crippen LogP contribution in [0, 0.1) is 0 Å². The molecule has 0 fully saturated rings. The van der Waals surface area contributed by atoms with Crippen LogP contribution in [0.1, 0.15) is 0 Å². The average molecular weight is 296 g/mol. The lowest BCUT2D eigenvalue weighted by molar-refractivity contribution is 0.670. The number of para-hydroxylation sites is 3. The van der Waals surface area contributed by atoms with E-state index in [4.69, 9.17) is 4.42 Å². The van der Waals surface area contributed by atoms with Gasteiger partial charge in [0.1, 0.15) is 17.5 Å². The third-order valence-corrected chi connectivity index (χ3v) is 4.20. The first kappa shape index (κ1) is 12.4. The number of aromatic nitrogens is 2. The van der Waals surface area contributed by atoms with Crippen LogP contribution < -0.4 is 0 Å². The third-order valence-electron chi connectivity index (χ3n) is 4.20. The molecule has 5 aromatic rings. The summed E-state index contributed by atoms with van der Waals surface area (Å²) in [5.41, 5.74) is 4.61. The first-order valence-electron chi connectivity index (χ1n) is 7.52. The summed E-state index contributed by atoms with van der Waals surface area (Å²) in [6, 6.07) is 22.3. The second-order valence-corrected chi connectivity index (χ2v) is 5.52. The lowest BCUT2D eigenvalue weighted by Crippen LogP contribution is -1.89. The molecule has 0 saturated carbocycles. The molecule has 108 valence electrons. The fourth-order valence-corrected chi connectivity index (χ4v) is 3.15. The van der Waals surface area contributed by atoms with Gasteiger partial charge in [0, 0.05) is 21.7 Å². The van der Waals surface area contributed by atoms with Crippen molar-refractivity contribution in [3.63, 3.8) is 0 Å². The molecule has 2 aromatic heterocycles. The summed E-state index contributed by atoms with van der Waals surface area (Å²) in [5.74, 6) is 0. The number of furan rings is 1. The van der Waals surface area contributed by atoms with Gasteiger partial charge in [-0.05, 0) is 18.2 Å². The maximum atomic E-state index is 6.13. The summed E-state index contributed by atoms with van der Waals surface area (Å²) in [6.07, 6.45) is 1.61. The van der Waals surface area contributed by atoms with E-state index >= 15 is 0 Å². The van der Waals surface area contributed by atoms with E-state index in [1.54, 1.807) is 6.33 Å². The highest BCUT2D eigenvalue weighted by Gasteiger charge is 2.14. The lowest BCUT2D eigenvalue weighted by atomic mass is 10.0. The molecule has 0 aliphatic heterocycles. The Hall–Kier alpha value is -3.20. The van der Waals surface area contributed by atoms with Crippen molar-refractivity contribution < 1.29 is 4.42 Å². The zero-order valence-electron chi connectivity index (χ0n) is 12.2. The second-order valence-electron chi connectivity index (χ2n) is 5.52. The highest BCUT2D eigenvalue weighted by atomic mass is 16.3. The molecular formula is C20H12N2O. The molecule has 0 amide bonds. The van der Waals surface area contributed by atoms with Gasteiger partial charge in [0.05, 0.1) is 11.2 Å². The molecule has 3 aromatic carbocycles. The van der Waals surface area contributed by atoms with Crippen molar-refractivity contribution >= 4 is 32.8 Å². The predicted octanol–water partition coefficient (Wildman–Crippen LogP) is 5.20. The molecule has 0 bridgehead atoms. The van der Waals surface area contributed by atoms with Crippen molar-refractivity contribution in [3.05, 3.63) is 73.1 Å². The Kier molecular flexibility index (Phi) is 2.50. The van der Waals surface area contributed by atoms with Gasteiger partial charge < -0.3 is 4.42 Å². The molecular weight excluding hydrogens is 284 g/mol. The molecule has 0 N–H and O–H groups in total. The zero-order valence-corrected chi connectivity index (χ0v) is 12.2. The quantitative estimate of drug-likeness (QED) is 0.427. The fraction of sp³-hybridized carbons (Fsp3) is 0. The number of fused-ring (bicyclic) bond motifs is 4. The molecule has 0 saturated heterocycles. The van der Waals surface area contributed by atoms with E-state index in [0.29, 0.717) is 0 Å². The van der Waals surface area contributed by atoms with Gasteiger partial charge in [-0.1, -0.05) is 48.5 Å². The largest absolute Gasteiger partial charge is 0.455 e. The van der Waals surface area contributed by atoms with Gasteiger partial charge in [-0.15, -0.1) is 0 Å². The van der Waals surface area contributed by atoms with Crippen LogP contribution in [-0.2, 0) is 0 Å². The Morgan fingerprint density at radius 2 is 1.43 bits per heavy atom. The Bertz CT molecular complexity index is 1170. The van der Waals surface area contributed by atoms with Crippen molar-refractivity contribution in [2.24, 2.45) is 0 Å². The van der Waals surface area contributed by atoms with Crippen molar-refractivity contribution in [1.82, 2.24) is 9.97 Å². The molecule has 3 nitrogen and oxygen atoms in total. The van der Waals surface area contributed by atoms with E-state index in [0.717, 1.165) is 44.1 Å². The number of hydrogen-bond donors (Lipinski definition) is 0. The van der Waals surface area contributed by atoms with Crippen molar-refractivity contribution in [2.75, 3.05) is 0 Å². The molecule has 0 unspecified atom stereocenters. The summed E-state index contributed by atoms with van der Waals surface area (Å²) < 4.78 is 6.13. The van der Waals surface area contributed by atoms with Gasteiger partial charge in [-0.3, -0.25) is 0 Å². The normalized spacial score (nSPS) is 11.5. The van der Waals surface area contributed by atoms with Crippen molar-refractivity contribution in [2.45, 2.75) is 0 Å². The highest BCUT2D eigenvalue weighted by molar-refractivity contribution is 6.11. The van der Waals surface area contributed by atoms with Crippen LogP contribution in [0.4, 0.5) is 0 Å². The van der Waals surface area contributed by atoms with Crippen LogP contribution in [0.2, 0.25) is 0 Å². The molecule has 0 aliphatic carbocycles. The number of rotatable bonds is 1. The molecule has 0 radical (unpaired) electrons. The number of benzene rings is 3. The Labute approximate surface area is 132 Å². The van der Waals surface area contributed by atoms with Gasteiger partial charge in [-0.2, -0.15) is 0 Å². The molecule has 2 heterocycles. The molecule has 5 rings (SSSR count). The van der Waals surface area contributed by atoms with Crippen molar-refractivity contribution in [1.29, 1.82) is 0 Å². The van der Waals surface area contributed by atoms with E-state index in [-0.39, 0.29) is 0 Å². The van der Waals surface area contributed by atoms with E-state index in [2.05, 4.69) is 34.2 Å². The smallest absolute Gasteiger partial charge is 0.144 e. The van der Waals surface area contributed by atoms with Crippen LogP contribution in [-0.4, -0.2) is 9.97 Å². The summed E-state index contributed by atoms with van der Waals surface area (Å²) in [5, 5.41) is 3.27. The van der Waals surface area contributed by atoms with E-state index in [1.165, 1.54) is 0 Å². The van der Waals surface area contributed by atoms with E-state index in [1.807, 2.05) is 42.5 Å². The Balaban J connectivity index is 1.93. The Morgan fingerprint density at radius 1 is 0.652 bits per heavy atom. The predicted molar refractivity (Wildman–Crippen MR) is 92.3 cm³/mol. The van der Waals surface area contributed by atoms with Gasteiger partial charge in [-0.25, -0.2) is 9.97 Å². The minimum absolute atomic E-state index is 0.873. The topological polar surface area (TPSA) is 38.9 Å². The standard InChI is InChI=1S/C20H12N2O/c1-3-10-17-15(7-1)19(22-12-21-17)16-9-5-8-14-13-6-2-4-11-18(13)23-20(14)16/h1-12H. The van der Waals surface area contributed by atoms with Gasteiger partial charge >= 0.3 is 0 Å². The van der Waals surface area contributed by atoms with Crippen LogP contribution in [0.3, 0.4) is 0 Å². The maximum Gasteiger partial charge on any atom is 0.144 e. The molecule has 0 aliphatic rings. The summed E-state index contributed by atoms with van der Waals surface area (Å²) in [6.45, 7) is 0. The van der Waals surface area contributed by atoms with Crippen LogP contribution in [0.25, 0.3) is 44.1 Å². The fourth-order valence-electron chi connectivity index (χ4n) is 3.15. The second kappa shape index (κ2) is 4.65. The first-order valence-corrected chi connectivity index (χ1v) is 7.52. The molecule has 0 spiro atoms. The van der Waals surface area contributed by atoms with Gasteiger partial charge in [0.15, 0.2) is 0 Å². The SMILES string of the molecule is c1ccc2c(-c3cccc4c3oc3ccccc34)ncnc2c1. The Morgan fingerprint density at radius 3 is 2.39 bits per heavy atom. The summed E-state index contributed by atoms with van der Waals surface area (Å²) >= 11 is 0. The monoisotopic (exact) mass is 296 g/mol. The van der Waals surface area contributed by atoms with Crippen LogP contribution in [0.15, 0.2) is 77.5 Å². The van der Waals surface area contributed by atoms with Crippen molar-refractivity contribution in [3.8, 4) is 11.3 Å². The molecule has 3 heteroatoms. The number of nitrogens with zero attached hydrogens (tertiary/aromatic N) is 2. The zero-order chi connectivity index (χ0) is 15.2. The van der Waals surface area contributed by atoms with Crippen LogP contribution in [0.5, 0.6) is 0 Å². The minimum Gasteiger partial charge on any atom is -0.455 e. The molecule has 23 heavy (non-hydrogen) atoms. The molecule has 0 atom stereocenters. The van der Waals surface area contributed by atoms with E-state index in [9.17, 15) is 0 Å². The van der Waals surface area contributed by atoms with E-state index < -0.39 is 0 Å². The third kappa shape index (κ3) is 1.77. The maximum absolute atomic E-state index is 6.13. The minimum atomic E-state index is 0.873. The van der Waals surface area contributed by atoms with Gasteiger partial charge in [0.25, 0.3) is 0 Å². The van der Waals surface area contributed by atoms with Gasteiger partial charge in [0.2, 0.25) is 0 Å². The van der Waals surface area contributed by atoms with Crippen LogP contribution >= 0.6 is 0 Å². The number of hydrogen-bond acceptors (Lipinski definition) is 3. The average Bonchev–Trinajstić information content (AvgIpc) is 3.00. The first-order chi connectivity index (χ1) is 11.4. The highest BCUT2D eigenvalue weighted by Crippen LogP contribution is 2.36. The summed E-state index contributed by atoms with van der Waals surface area (Å²) in [4.78, 5) is 8.87.